The highest BCUT2D eigenvalue weighted by molar-refractivity contribution is 6.42. The molecule has 0 spiro atoms. The molecule has 1 aromatic carbocycles. The van der Waals surface area contributed by atoms with Crippen LogP contribution in [0, 0.1) is 5.92 Å². The molecule has 0 aromatic heterocycles. The Labute approximate surface area is 118 Å². The topological polar surface area (TPSA) is 20.2 Å². The molecule has 0 radical (unpaired) electrons. The van der Waals surface area contributed by atoms with Gasteiger partial charge in [0.15, 0.2) is 0 Å². The van der Waals surface area contributed by atoms with Crippen LogP contribution in [0.25, 0.3) is 6.08 Å². The van der Waals surface area contributed by atoms with E-state index in [1.807, 2.05) is 18.2 Å². The van der Waals surface area contributed by atoms with Crippen LogP contribution in [0.3, 0.4) is 0 Å². The van der Waals surface area contributed by atoms with Crippen molar-refractivity contribution < 1.29 is 5.11 Å². The Bertz CT molecular complexity index is 434. The van der Waals surface area contributed by atoms with Gasteiger partial charge in [0.2, 0.25) is 0 Å². The lowest BCUT2D eigenvalue weighted by molar-refractivity contribution is 0.295. The quantitative estimate of drug-likeness (QED) is 0.833. The third-order valence-corrected chi connectivity index (χ3v) is 4.47. The van der Waals surface area contributed by atoms with Crippen molar-refractivity contribution in [3.05, 3.63) is 39.4 Å². The molecule has 0 aliphatic heterocycles. The van der Waals surface area contributed by atoms with Crippen molar-refractivity contribution in [2.75, 3.05) is 6.61 Å². The van der Waals surface area contributed by atoms with Gasteiger partial charge < -0.3 is 5.11 Å². The first-order chi connectivity index (χ1) is 8.72. The third-order valence-electron chi connectivity index (χ3n) is 3.63. The summed E-state index contributed by atoms with van der Waals surface area (Å²) in [7, 11) is 0. The molecule has 1 fully saturated rings. The van der Waals surface area contributed by atoms with Gasteiger partial charge in [-0.25, -0.2) is 0 Å². The largest absolute Gasteiger partial charge is 0.392 e. The first kappa shape index (κ1) is 13.9. The zero-order valence-corrected chi connectivity index (χ0v) is 11.8. The maximum Gasteiger partial charge on any atom is 0.0664 e. The van der Waals surface area contributed by atoms with Crippen LogP contribution in [0.2, 0.25) is 10.0 Å². The Kier molecular flexibility index (Phi) is 5.11. The molecule has 0 heterocycles. The number of rotatable bonds is 3. The SMILES string of the molecule is OCC(=Cc1cccc(Cl)c1Cl)C1CCCCC1. The van der Waals surface area contributed by atoms with Gasteiger partial charge in [-0.2, -0.15) is 0 Å². The Morgan fingerprint density at radius 2 is 1.94 bits per heavy atom. The van der Waals surface area contributed by atoms with Crippen molar-refractivity contribution in [3.63, 3.8) is 0 Å². The van der Waals surface area contributed by atoms with E-state index in [0.29, 0.717) is 16.0 Å². The van der Waals surface area contributed by atoms with E-state index in [-0.39, 0.29) is 6.61 Å². The molecule has 98 valence electrons. The summed E-state index contributed by atoms with van der Waals surface area (Å²) in [4.78, 5) is 0. The van der Waals surface area contributed by atoms with Crippen LogP contribution in [-0.4, -0.2) is 11.7 Å². The van der Waals surface area contributed by atoms with Crippen LogP contribution < -0.4 is 0 Å². The number of aliphatic hydroxyl groups excluding tert-OH is 1. The van der Waals surface area contributed by atoms with Gasteiger partial charge in [-0.1, -0.05) is 60.7 Å². The van der Waals surface area contributed by atoms with Gasteiger partial charge in [-0.3, -0.25) is 0 Å². The first-order valence-corrected chi connectivity index (χ1v) is 7.23. The van der Waals surface area contributed by atoms with Crippen LogP contribution in [-0.2, 0) is 0 Å². The minimum absolute atomic E-state index is 0.105. The van der Waals surface area contributed by atoms with E-state index >= 15 is 0 Å². The highest BCUT2D eigenvalue weighted by Gasteiger charge is 2.17. The maximum absolute atomic E-state index is 9.56. The monoisotopic (exact) mass is 284 g/mol. The van der Waals surface area contributed by atoms with E-state index in [0.717, 1.165) is 11.1 Å². The summed E-state index contributed by atoms with van der Waals surface area (Å²) in [5.74, 6) is 0.499. The number of benzene rings is 1. The Balaban J connectivity index is 2.25. The molecule has 0 bridgehead atoms. The Morgan fingerprint density at radius 1 is 1.22 bits per heavy atom. The summed E-state index contributed by atoms with van der Waals surface area (Å²) in [5.41, 5.74) is 1.98. The van der Waals surface area contributed by atoms with Crippen LogP contribution in [0.15, 0.2) is 23.8 Å². The Hall–Kier alpha value is -0.500. The molecule has 0 amide bonds. The molecule has 3 heteroatoms. The van der Waals surface area contributed by atoms with Gasteiger partial charge in [-0.05, 0) is 36.0 Å². The molecule has 0 unspecified atom stereocenters. The van der Waals surface area contributed by atoms with Crippen LogP contribution in [0.4, 0.5) is 0 Å². The van der Waals surface area contributed by atoms with Gasteiger partial charge in [0.1, 0.15) is 0 Å². The lowest BCUT2D eigenvalue weighted by atomic mass is 9.83. The van der Waals surface area contributed by atoms with Gasteiger partial charge in [0.25, 0.3) is 0 Å². The summed E-state index contributed by atoms with van der Waals surface area (Å²) in [6, 6.07) is 5.60. The predicted octanol–water partition coefficient (Wildman–Crippen LogP) is 4.95. The minimum Gasteiger partial charge on any atom is -0.392 e. The molecular formula is C15H18Cl2O. The summed E-state index contributed by atoms with van der Waals surface area (Å²) < 4.78 is 0. The molecule has 0 saturated heterocycles. The number of hydrogen-bond acceptors (Lipinski definition) is 1. The summed E-state index contributed by atoms with van der Waals surface area (Å²) >= 11 is 12.2. The van der Waals surface area contributed by atoms with Crippen LogP contribution >= 0.6 is 23.2 Å². The molecular weight excluding hydrogens is 267 g/mol. The first-order valence-electron chi connectivity index (χ1n) is 6.47. The van der Waals surface area contributed by atoms with Crippen molar-refractivity contribution >= 4 is 29.3 Å². The normalized spacial score (nSPS) is 18.1. The van der Waals surface area contributed by atoms with E-state index < -0.39 is 0 Å². The summed E-state index contributed by atoms with van der Waals surface area (Å²) in [6.45, 7) is 0.105. The van der Waals surface area contributed by atoms with E-state index in [4.69, 9.17) is 23.2 Å². The fourth-order valence-corrected chi connectivity index (χ4v) is 2.96. The van der Waals surface area contributed by atoms with Crippen molar-refractivity contribution in [2.45, 2.75) is 32.1 Å². The molecule has 1 N–H and O–H groups in total. The van der Waals surface area contributed by atoms with E-state index in [2.05, 4.69) is 0 Å². The summed E-state index contributed by atoms with van der Waals surface area (Å²) in [5, 5.41) is 10.7. The second-order valence-electron chi connectivity index (χ2n) is 4.86. The summed E-state index contributed by atoms with van der Waals surface area (Å²) in [6.07, 6.45) is 8.17. The maximum atomic E-state index is 9.56. The molecule has 1 saturated carbocycles. The molecule has 1 nitrogen and oxygen atoms in total. The van der Waals surface area contributed by atoms with Gasteiger partial charge in [-0.15, -0.1) is 0 Å². The fraction of sp³-hybridized carbons (Fsp3) is 0.467. The third kappa shape index (κ3) is 3.28. The second kappa shape index (κ2) is 6.60. The standard InChI is InChI=1S/C15H18Cl2O/c16-14-8-4-7-12(15(14)17)9-13(10-18)11-5-2-1-3-6-11/h4,7-9,11,18H,1-3,5-6,10H2. The predicted molar refractivity (Wildman–Crippen MR) is 78.1 cm³/mol. The van der Waals surface area contributed by atoms with Crippen molar-refractivity contribution in [2.24, 2.45) is 5.92 Å². The fourth-order valence-electron chi connectivity index (χ4n) is 2.60. The lowest BCUT2D eigenvalue weighted by Crippen LogP contribution is -2.11. The molecule has 2 rings (SSSR count). The van der Waals surface area contributed by atoms with E-state index in [9.17, 15) is 5.11 Å². The zero-order valence-electron chi connectivity index (χ0n) is 10.3. The number of aliphatic hydroxyl groups is 1. The van der Waals surface area contributed by atoms with Crippen molar-refractivity contribution in [1.82, 2.24) is 0 Å². The molecule has 18 heavy (non-hydrogen) atoms. The minimum atomic E-state index is 0.105. The van der Waals surface area contributed by atoms with E-state index in [1.165, 1.54) is 32.1 Å². The smallest absolute Gasteiger partial charge is 0.0664 e. The highest BCUT2D eigenvalue weighted by Crippen LogP contribution is 2.33. The van der Waals surface area contributed by atoms with Crippen LogP contribution in [0.1, 0.15) is 37.7 Å². The Morgan fingerprint density at radius 3 is 2.61 bits per heavy atom. The van der Waals surface area contributed by atoms with Crippen LogP contribution in [0.5, 0.6) is 0 Å². The molecule has 1 aliphatic rings. The van der Waals surface area contributed by atoms with Gasteiger partial charge >= 0.3 is 0 Å². The molecule has 1 aliphatic carbocycles. The average Bonchev–Trinajstić information content (AvgIpc) is 2.41. The van der Waals surface area contributed by atoms with Gasteiger partial charge in [0, 0.05) is 0 Å². The number of hydrogen-bond donors (Lipinski definition) is 1. The molecule has 1 aromatic rings. The average molecular weight is 285 g/mol. The van der Waals surface area contributed by atoms with Crippen molar-refractivity contribution in [1.29, 1.82) is 0 Å². The zero-order chi connectivity index (χ0) is 13.0. The van der Waals surface area contributed by atoms with E-state index in [1.54, 1.807) is 6.07 Å². The van der Waals surface area contributed by atoms with Crippen molar-refractivity contribution in [3.8, 4) is 0 Å². The lowest BCUT2D eigenvalue weighted by Gasteiger charge is -2.23. The molecule has 0 atom stereocenters. The highest BCUT2D eigenvalue weighted by atomic mass is 35.5. The van der Waals surface area contributed by atoms with Gasteiger partial charge in [0.05, 0.1) is 16.7 Å². The second-order valence-corrected chi connectivity index (χ2v) is 5.64. The number of halogens is 2.